The van der Waals surface area contributed by atoms with E-state index in [0.29, 0.717) is 16.2 Å². The zero-order valence-electron chi connectivity index (χ0n) is 5.24. The number of nitrogens with two attached hydrogens (primary N) is 2. The van der Waals surface area contributed by atoms with E-state index in [9.17, 15) is 0 Å². The van der Waals surface area contributed by atoms with Gasteiger partial charge in [0.1, 0.15) is 4.99 Å². The third-order valence-electron chi connectivity index (χ3n) is 1.12. The molecule has 0 atom stereocenters. The van der Waals surface area contributed by atoms with Crippen molar-refractivity contribution in [3.05, 3.63) is 24.0 Å². The van der Waals surface area contributed by atoms with Crippen molar-refractivity contribution < 1.29 is 0 Å². The molecule has 4 N–H and O–H groups in total. The Kier molecular flexibility index (Phi) is 1.82. The molecule has 0 saturated carbocycles. The van der Waals surface area contributed by atoms with Gasteiger partial charge in [0, 0.05) is 11.8 Å². The van der Waals surface area contributed by atoms with Gasteiger partial charge in [0.2, 0.25) is 0 Å². The highest BCUT2D eigenvalue weighted by atomic mass is 32.1. The molecule has 4 heteroatoms. The zero-order chi connectivity index (χ0) is 7.56. The zero-order valence-corrected chi connectivity index (χ0v) is 6.06. The molecule has 1 aromatic heterocycles. The van der Waals surface area contributed by atoms with Gasteiger partial charge in [0.15, 0.2) is 0 Å². The fourth-order valence-electron chi connectivity index (χ4n) is 0.631. The first-order valence-electron chi connectivity index (χ1n) is 2.71. The van der Waals surface area contributed by atoms with E-state index in [4.69, 9.17) is 23.7 Å². The third kappa shape index (κ3) is 1.22. The standard InChI is InChI=1S/C6H7N3S/c7-5-3-9-2-1-4(5)6(8)10/h1-3H,7H2,(H2,8,10). The molecule has 0 amide bonds. The lowest BCUT2D eigenvalue weighted by molar-refractivity contribution is 1.32. The minimum Gasteiger partial charge on any atom is -0.397 e. The van der Waals surface area contributed by atoms with Gasteiger partial charge in [-0.05, 0) is 6.07 Å². The average Bonchev–Trinajstić information content (AvgIpc) is 1.88. The molecule has 0 radical (unpaired) electrons. The Morgan fingerprint density at radius 1 is 1.60 bits per heavy atom. The Morgan fingerprint density at radius 3 is 2.70 bits per heavy atom. The highest BCUT2D eigenvalue weighted by molar-refractivity contribution is 7.80. The van der Waals surface area contributed by atoms with E-state index in [1.165, 1.54) is 6.20 Å². The molecule has 0 saturated heterocycles. The molecule has 1 rings (SSSR count). The second-order valence-electron chi connectivity index (χ2n) is 1.83. The van der Waals surface area contributed by atoms with E-state index in [0.717, 1.165) is 0 Å². The highest BCUT2D eigenvalue weighted by Gasteiger charge is 1.98. The molecule has 0 aliphatic rings. The Labute approximate surface area is 64.1 Å². The van der Waals surface area contributed by atoms with Crippen LogP contribution in [0.5, 0.6) is 0 Å². The summed E-state index contributed by atoms with van der Waals surface area (Å²) < 4.78 is 0. The first kappa shape index (κ1) is 6.95. The Morgan fingerprint density at radius 2 is 2.30 bits per heavy atom. The fraction of sp³-hybridized carbons (Fsp3) is 0. The lowest BCUT2D eigenvalue weighted by Gasteiger charge is -1.99. The van der Waals surface area contributed by atoms with Crippen molar-refractivity contribution in [2.45, 2.75) is 0 Å². The summed E-state index contributed by atoms with van der Waals surface area (Å²) in [5, 5.41) is 0. The van der Waals surface area contributed by atoms with Crippen LogP contribution in [0.3, 0.4) is 0 Å². The molecule has 10 heavy (non-hydrogen) atoms. The molecule has 0 aliphatic heterocycles. The first-order chi connectivity index (χ1) is 4.72. The number of aromatic nitrogens is 1. The molecule has 0 bridgehead atoms. The summed E-state index contributed by atoms with van der Waals surface area (Å²) in [6, 6.07) is 1.69. The lowest BCUT2D eigenvalue weighted by atomic mass is 10.2. The van der Waals surface area contributed by atoms with E-state index >= 15 is 0 Å². The van der Waals surface area contributed by atoms with Gasteiger partial charge >= 0.3 is 0 Å². The Hall–Kier alpha value is -1.16. The summed E-state index contributed by atoms with van der Waals surface area (Å²) >= 11 is 4.72. The number of rotatable bonds is 1. The van der Waals surface area contributed by atoms with Gasteiger partial charge < -0.3 is 11.5 Å². The molecular weight excluding hydrogens is 146 g/mol. The van der Waals surface area contributed by atoms with Crippen molar-refractivity contribution in [2.24, 2.45) is 5.73 Å². The molecule has 1 heterocycles. The summed E-state index contributed by atoms with van der Waals surface area (Å²) in [5.41, 5.74) is 12.0. The topological polar surface area (TPSA) is 64.9 Å². The van der Waals surface area contributed by atoms with Gasteiger partial charge in [-0.3, -0.25) is 4.98 Å². The Bertz CT molecular complexity index is 259. The van der Waals surface area contributed by atoms with Crippen LogP contribution in [0.25, 0.3) is 0 Å². The number of anilines is 1. The SMILES string of the molecule is NC(=S)c1ccncc1N. The maximum Gasteiger partial charge on any atom is 0.106 e. The lowest BCUT2D eigenvalue weighted by Crippen LogP contribution is -2.11. The predicted molar refractivity (Wildman–Crippen MR) is 44.5 cm³/mol. The predicted octanol–water partition coefficient (Wildman–Crippen LogP) is 0.298. The number of hydrogen-bond donors (Lipinski definition) is 2. The molecule has 1 aromatic rings. The van der Waals surface area contributed by atoms with Gasteiger partial charge in [-0.2, -0.15) is 0 Å². The fourth-order valence-corrected chi connectivity index (χ4v) is 0.817. The molecule has 0 aromatic carbocycles. The third-order valence-corrected chi connectivity index (χ3v) is 1.34. The van der Waals surface area contributed by atoms with Crippen LogP contribution in [0.15, 0.2) is 18.5 Å². The van der Waals surface area contributed by atoms with Gasteiger partial charge in [-0.1, -0.05) is 12.2 Å². The maximum absolute atomic E-state index is 5.49. The summed E-state index contributed by atoms with van der Waals surface area (Å²) in [7, 11) is 0. The quantitative estimate of drug-likeness (QED) is 0.569. The van der Waals surface area contributed by atoms with Gasteiger partial charge in [0.25, 0.3) is 0 Å². The van der Waals surface area contributed by atoms with E-state index in [2.05, 4.69) is 4.98 Å². The van der Waals surface area contributed by atoms with Crippen LogP contribution in [-0.4, -0.2) is 9.97 Å². The normalized spacial score (nSPS) is 9.20. The molecule has 0 fully saturated rings. The highest BCUT2D eigenvalue weighted by Crippen LogP contribution is 2.06. The molecule has 3 nitrogen and oxygen atoms in total. The first-order valence-corrected chi connectivity index (χ1v) is 3.12. The molecule has 52 valence electrons. The van der Waals surface area contributed by atoms with Crippen LogP contribution in [0.4, 0.5) is 5.69 Å². The average molecular weight is 153 g/mol. The van der Waals surface area contributed by atoms with Gasteiger partial charge in [-0.15, -0.1) is 0 Å². The van der Waals surface area contributed by atoms with Crippen molar-refractivity contribution in [3.63, 3.8) is 0 Å². The monoisotopic (exact) mass is 153 g/mol. The second-order valence-corrected chi connectivity index (χ2v) is 2.27. The van der Waals surface area contributed by atoms with Gasteiger partial charge in [0.05, 0.1) is 11.9 Å². The van der Waals surface area contributed by atoms with Crippen LogP contribution in [-0.2, 0) is 0 Å². The van der Waals surface area contributed by atoms with E-state index in [1.807, 2.05) is 0 Å². The summed E-state index contributed by atoms with van der Waals surface area (Å²) in [4.78, 5) is 4.09. The van der Waals surface area contributed by atoms with Crippen molar-refractivity contribution in [1.29, 1.82) is 0 Å². The van der Waals surface area contributed by atoms with Crippen molar-refractivity contribution in [1.82, 2.24) is 4.98 Å². The molecule has 0 unspecified atom stereocenters. The van der Waals surface area contributed by atoms with Crippen molar-refractivity contribution >= 4 is 22.9 Å². The van der Waals surface area contributed by atoms with Crippen molar-refractivity contribution in [2.75, 3.05) is 5.73 Å². The molecular formula is C6H7N3S. The van der Waals surface area contributed by atoms with Crippen LogP contribution >= 0.6 is 12.2 Å². The second kappa shape index (κ2) is 2.62. The van der Waals surface area contributed by atoms with Crippen LogP contribution in [0.2, 0.25) is 0 Å². The Balaban J connectivity index is 3.15. The molecule has 0 spiro atoms. The number of nitrogen functional groups attached to an aromatic ring is 1. The van der Waals surface area contributed by atoms with Crippen molar-refractivity contribution in [3.8, 4) is 0 Å². The summed E-state index contributed by atoms with van der Waals surface area (Å²) in [5.74, 6) is 0. The molecule has 0 aliphatic carbocycles. The van der Waals surface area contributed by atoms with E-state index < -0.39 is 0 Å². The van der Waals surface area contributed by atoms with Crippen LogP contribution in [0.1, 0.15) is 5.56 Å². The number of pyridine rings is 1. The summed E-state index contributed by atoms with van der Waals surface area (Å²) in [6.07, 6.45) is 3.12. The maximum atomic E-state index is 5.49. The van der Waals surface area contributed by atoms with E-state index in [1.54, 1.807) is 12.3 Å². The largest absolute Gasteiger partial charge is 0.397 e. The number of thiocarbonyl (C=S) groups is 1. The van der Waals surface area contributed by atoms with Crippen LogP contribution in [0, 0.1) is 0 Å². The van der Waals surface area contributed by atoms with Crippen LogP contribution < -0.4 is 11.5 Å². The minimum atomic E-state index is 0.305. The number of hydrogen-bond acceptors (Lipinski definition) is 3. The summed E-state index contributed by atoms with van der Waals surface area (Å²) in [6.45, 7) is 0. The minimum absolute atomic E-state index is 0.305. The van der Waals surface area contributed by atoms with E-state index in [-0.39, 0.29) is 0 Å². The smallest absolute Gasteiger partial charge is 0.106 e. The number of nitrogens with zero attached hydrogens (tertiary/aromatic N) is 1. The van der Waals surface area contributed by atoms with Gasteiger partial charge in [-0.25, -0.2) is 0 Å².